The molecule has 2 heterocycles. The molecule has 0 spiro atoms. The number of carbonyl (C=O) groups excluding carboxylic acids is 1. The zero-order chi connectivity index (χ0) is 13.3. The van der Waals surface area contributed by atoms with Gasteiger partial charge in [-0.05, 0) is 35.3 Å². The third-order valence-corrected chi connectivity index (χ3v) is 3.42. The number of aryl methyl sites for hydroxylation is 3. The van der Waals surface area contributed by atoms with Gasteiger partial charge in [0.05, 0.1) is 16.4 Å². The molecule has 0 bridgehead atoms. The number of nitrogens with zero attached hydrogens (tertiary/aromatic N) is 4. The maximum absolute atomic E-state index is 12.5. The minimum Gasteiger partial charge on any atom is -0.285 e. The van der Waals surface area contributed by atoms with E-state index in [9.17, 15) is 4.79 Å². The number of carbonyl (C=O) groups is 1. The summed E-state index contributed by atoms with van der Waals surface area (Å²) in [6.07, 6.45) is 2.46. The van der Waals surface area contributed by atoms with E-state index in [2.05, 4.69) is 26.1 Å². The van der Waals surface area contributed by atoms with Crippen LogP contribution < -0.4 is 0 Å². The summed E-state index contributed by atoms with van der Waals surface area (Å²) in [5, 5.41) is 8.45. The lowest BCUT2D eigenvalue weighted by atomic mass is 10.2. The quantitative estimate of drug-likeness (QED) is 0.813. The number of hydrogen-bond donors (Lipinski definition) is 0. The topological polar surface area (TPSA) is 52.7 Å². The third kappa shape index (κ3) is 2.12. The van der Waals surface area contributed by atoms with Gasteiger partial charge in [0, 0.05) is 13.6 Å². The summed E-state index contributed by atoms with van der Waals surface area (Å²) in [5.74, 6) is -0.0593. The van der Waals surface area contributed by atoms with E-state index in [4.69, 9.17) is 0 Å². The van der Waals surface area contributed by atoms with E-state index in [1.165, 1.54) is 0 Å². The van der Waals surface area contributed by atoms with Crippen molar-refractivity contribution in [3.05, 3.63) is 33.8 Å². The van der Waals surface area contributed by atoms with Gasteiger partial charge in [-0.1, -0.05) is 6.92 Å². The molecule has 5 nitrogen and oxygen atoms in total. The van der Waals surface area contributed by atoms with Crippen LogP contribution in [-0.2, 0) is 20.0 Å². The van der Waals surface area contributed by atoms with Gasteiger partial charge in [0.1, 0.15) is 11.4 Å². The predicted octanol–water partition coefficient (Wildman–Crippen LogP) is 2.19. The predicted molar refractivity (Wildman–Crippen MR) is 71.6 cm³/mol. The molecule has 0 aliphatic rings. The Labute approximate surface area is 114 Å². The number of rotatable bonds is 4. The molecule has 0 aliphatic carbocycles. The van der Waals surface area contributed by atoms with Crippen molar-refractivity contribution in [3.8, 4) is 0 Å². The zero-order valence-electron chi connectivity index (χ0n) is 10.6. The first-order valence-electron chi connectivity index (χ1n) is 5.87. The second-order valence-corrected chi connectivity index (χ2v) is 4.84. The zero-order valence-corrected chi connectivity index (χ0v) is 12.2. The van der Waals surface area contributed by atoms with Crippen LogP contribution in [0.5, 0.6) is 0 Å². The fourth-order valence-electron chi connectivity index (χ4n) is 1.86. The summed E-state index contributed by atoms with van der Waals surface area (Å²) >= 11 is 3.37. The van der Waals surface area contributed by atoms with E-state index >= 15 is 0 Å². The van der Waals surface area contributed by atoms with Crippen LogP contribution in [0.25, 0.3) is 0 Å². The molecule has 0 atom stereocenters. The lowest BCUT2D eigenvalue weighted by molar-refractivity contribution is 0.101. The molecule has 2 rings (SSSR count). The smallest absolute Gasteiger partial charge is 0.230 e. The maximum Gasteiger partial charge on any atom is 0.230 e. The Morgan fingerprint density at radius 3 is 2.72 bits per heavy atom. The van der Waals surface area contributed by atoms with Gasteiger partial charge in [0.25, 0.3) is 0 Å². The molecule has 0 aliphatic heterocycles. The van der Waals surface area contributed by atoms with Gasteiger partial charge >= 0.3 is 0 Å². The summed E-state index contributed by atoms with van der Waals surface area (Å²) < 4.78 is 4.03. The van der Waals surface area contributed by atoms with Crippen LogP contribution in [0.4, 0.5) is 0 Å². The van der Waals surface area contributed by atoms with Gasteiger partial charge in [-0.2, -0.15) is 10.2 Å². The Hall–Kier alpha value is -1.43. The number of aromatic nitrogens is 4. The molecule has 0 fully saturated rings. The van der Waals surface area contributed by atoms with Gasteiger partial charge in [0.15, 0.2) is 0 Å². The van der Waals surface area contributed by atoms with Crippen LogP contribution in [0.2, 0.25) is 0 Å². The number of hydrogen-bond acceptors (Lipinski definition) is 3. The summed E-state index contributed by atoms with van der Waals surface area (Å²) in [6, 6.07) is 1.84. The first-order chi connectivity index (χ1) is 8.58. The summed E-state index contributed by atoms with van der Waals surface area (Å²) in [5.41, 5.74) is 2.07. The molecule has 0 aromatic carbocycles. The first-order valence-corrected chi connectivity index (χ1v) is 6.66. The minimum atomic E-state index is -0.0593. The van der Waals surface area contributed by atoms with Crippen molar-refractivity contribution in [1.82, 2.24) is 19.6 Å². The second kappa shape index (κ2) is 5.06. The molecule has 0 saturated carbocycles. The van der Waals surface area contributed by atoms with E-state index in [1.807, 2.05) is 19.9 Å². The summed E-state index contributed by atoms with van der Waals surface area (Å²) in [4.78, 5) is 12.5. The van der Waals surface area contributed by atoms with Crippen molar-refractivity contribution in [2.45, 2.75) is 26.8 Å². The molecule has 96 valence electrons. The molecule has 2 aromatic heterocycles. The van der Waals surface area contributed by atoms with Crippen molar-refractivity contribution in [1.29, 1.82) is 0 Å². The third-order valence-electron chi connectivity index (χ3n) is 2.83. The molecule has 0 saturated heterocycles. The van der Waals surface area contributed by atoms with Gasteiger partial charge < -0.3 is 0 Å². The largest absolute Gasteiger partial charge is 0.285 e. The second-order valence-electron chi connectivity index (χ2n) is 3.98. The molecule has 2 aromatic rings. The van der Waals surface area contributed by atoms with Crippen molar-refractivity contribution < 1.29 is 4.79 Å². The van der Waals surface area contributed by atoms with E-state index < -0.39 is 0 Å². The average molecular weight is 311 g/mol. The summed E-state index contributed by atoms with van der Waals surface area (Å²) in [7, 11) is 1.78. The maximum atomic E-state index is 12.5. The fraction of sp³-hybridized carbons (Fsp3) is 0.417. The fourth-order valence-corrected chi connectivity index (χ4v) is 2.34. The van der Waals surface area contributed by atoms with Crippen LogP contribution in [0.15, 0.2) is 16.7 Å². The molecule has 0 radical (unpaired) electrons. The molecular formula is C12H15BrN4O. The SMILES string of the molecule is CCc1cc(C(=O)c2c(Br)cnn2CC)n(C)n1. The van der Waals surface area contributed by atoms with Crippen LogP contribution >= 0.6 is 15.9 Å². The molecule has 0 N–H and O–H groups in total. The Morgan fingerprint density at radius 1 is 1.44 bits per heavy atom. The lowest BCUT2D eigenvalue weighted by Crippen LogP contribution is -2.14. The van der Waals surface area contributed by atoms with Crippen molar-refractivity contribution >= 4 is 21.7 Å². The Bertz CT molecular complexity index is 585. The van der Waals surface area contributed by atoms with Crippen molar-refractivity contribution in [2.24, 2.45) is 7.05 Å². The van der Waals surface area contributed by atoms with E-state index in [1.54, 1.807) is 22.6 Å². The minimum absolute atomic E-state index is 0.0593. The Morgan fingerprint density at radius 2 is 2.17 bits per heavy atom. The molecule has 18 heavy (non-hydrogen) atoms. The highest BCUT2D eigenvalue weighted by Gasteiger charge is 2.21. The van der Waals surface area contributed by atoms with E-state index in [-0.39, 0.29) is 5.78 Å². The Kier molecular flexibility index (Phi) is 3.65. The van der Waals surface area contributed by atoms with Gasteiger partial charge in [-0.3, -0.25) is 14.2 Å². The molecular weight excluding hydrogens is 296 g/mol. The number of halogens is 1. The standard InChI is InChI=1S/C12H15BrN4O/c1-4-8-6-10(16(3)15-8)12(18)11-9(13)7-14-17(11)5-2/h6-7H,4-5H2,1-3H3. The van der Waals surface area contributed by atoms with Crippen LogP contribution in [0.1, 0.15) is 35.7 Å². The van der Waals surface area contributed by atoms with E-state index in [0.717, 1.165) is 12.1 Å². The summed E-state index contributed by atoms with van der Waals surface area (Å²) in [6.45, 7) is 4.63. The van der Waals surface area contributed by atoms with Gasteiger partial charge in [0.2, 0.25) is 5.78 Å². The average Bonchev–Trinajstić information content (AvgIpc) is 2.91. The Balaban J connectivity index is 2.47. The molecule has 6 heteroatoms. The highest BCUT2D eigenvalue weighted by atomic mass is 79.9. The number of ketones is 1. The van der Waals surface area contributed by atoms with Crippen molar-refractivity contribution in [3.63, 3.8) is 0 Å². The van der Waals surface area contributed by atoms with Crippen LogP contribution in [0, 0.1) is 0 Å². The van der Waals surface area contributed by atoms with Crippen molar-refractivity contribution in [2.75, 3.05) is 0 Å². The van der Waals surface area contributed by atoms with Crippen LogP contribution in [0.3, 0.4) is 0 Å². The van der Waals surface area contributed by atoms with Crippen LogP contribution in [-0.4, -0.2) is 25.3 Å². The molecule has 0 amide bonds. The van der Waals surface area contributed by atoms with E-state index in [0.29, 0.717) is 22.4 Å². The molecule has 0 unspecified atom stereocenters. The first kappa shape index (κ1) is 13.0. The van der Waals surface area contributed by atoms with Gasteiger partial charge in [-0.15, -0.1) is 0 Å². The lowest BCUT2D eigenvalue weighted by Gasteiger charge is -2.04. The monoisotopic (exact) mass is 310 g/mol. The normalized spacial score (nSPS) is 10.9. The highest BCUT2D eigenvalue weighted by molar-refractivity contribution is 9.10. The van der Waals surface area contributed by atoms with Gasteiger partial charge in [-0.25, -0.2) is 0 Å². The highest BCUT2D eigenvalue weighted by Crippen LogP contribution is 2.20.